The second-order valence-corrected chi connectivity index (χ2v) is 3.67. The van der Waals surface area contributed by atoms with Gasteiger partial charge in [0.15, 0.2) is 0 Å². The molecule has 0 aromatic heterocycles. The van der Waals surface area contributed by atoms with Gasteiger partial charge in [-0.3, -0.25) is 0 Å². The van der Waals surface area contributed by atoms with Crippen LogP contribution in [0, 0.1) is 0 Å². The molecule has 0 radical (unpaired) electrons. The van der Waals surface area contributed by atoms with Crippen LogP contribution in [-0.2, 0) is 4.74 Å². The third kappa shape index (κ3) is 7.93. The summed E-state index contributed by atoms with van der Waals surface area (Å²) >= 11 is 1.74. The van der Waals surface area contributed by atoms with Gasteiger partial charge in [0.1, 0.15) is 6.61 Å². The SMILES string of the molecule is CSCCC(C)NC(=O)OCCO. The van der Waals surface area contributed by atoms with Crippen LogP contribution in [0.15, 0.2) is 0 Å². The van der Waals surface area contributed by atoms with E-state index in [9.17, 15) is 4.79 Å². The Kier molecular flexibility index (Phi) is 7.93. The smallest absolute Gasteiger partial charge is 0.407 e. The molecule has 0 bridgehead atoms. The van der Waals surface area contributed by atoms with E-state index < -0.39 is 6.09 Å². The monoisotopic (exact) mass is 207 g/mol. The predicted octanol–water partition coefficient (Wildman–Crippen LogP) is 0.847. The van der Waals surface area contributed by atoms with Gasteiger partial charge < -0.3 is 15.2 Å². The second kappa shape index (κ2) is 8.19. The molecule has 0 heterocycles. The Morgan fingerprint density at radius 2 is 2.38 bits per heavy atom. The van der Waals surface area contributed by atoms with Crippen molar-refractivity contribution < 1.29 is 14.6 Å². The minimum atomic E-state index is -0.456. The van der Waals surface area contributed by atoms with Crippen molar-refractivity contribution in [3.05, 3.63) is 0 Å². The quantitative estimate of drug-likeness (QED) is 0.678. The van der Waals surface area contributed by atoms with Crippen LogP contribution in [0.3, 0.4) is 0 Å². The molecule has 0 rings (SSSR count). The molecule has 1 unspecified atom stereocenters. The molecule has 0 saturated heterocycles. The van der Waals surface area contributed by atoms with Crippen molar-refractivity contribution in [1.82, 2.24) is 5.32 Å². The van der Waals surface area contributed by atoms with Crippen LogP contribution in [0.4, 0.5) is 4.79 Å². The van der Waals surface area contributed by atoms with Crippen LogP contribution in [-0.4, -0.2) is 42.5 Å². The van der Waals surface area contributed by atoms with Crippen molar-refractivity contribution in [3.8, 4) is 0 Å². The van der Waals surface area contributed by atoms with Crippen LogP contribution >= 0.6 is 11.8 Å². The largest absolute Gasteiger partial charge is 0.447 e. The number of thioether (sulfide) groups is 1. The van der Waals surface area contributed by atoms with E-state index in [0.29, 0.717) is 0 Å². The first-order chi connectivity index (χ1) is 6.20. The summed E-state index contributed by atoms with van der Waals surface area (Å²) in [5.41, 5.74) is 0. The summed E-state index contributed by atoms with van der Waals surface area (Å²) in [4.78, 5) is 10.9. The topological polar surface area (TPSA) is 58.6 Å². The molecule has 1 atom stereocenters. The van der Waals surface area contributed by atoms with Gasteiger partial charge in [0.25, 0.3) is 0 Å². The fourth-order valence-corrected chi connectivity index (χ4v) is 1.34. The highest BCUT2D eigenvalue weighted by Gasteiger charge is 2.06. The molecule has 13 heavy (non-hydrogen) atoms. The van der Waals surface area contributed by atoms with E-state index in [4.69, 9.17) is 5.11 Å². The Morgan fingerprint density at radius 3 is 2.92 bits per heavy atom. The van der Waals surface area contributed by atoms with Gasteiger partial charge in [0.2, 0.25) is 0 Å². The number of nitrogens with one attached hydrogen (secondary N) is 1. The number of alkyl carbamates (subject to hydrolysis) is 1. The van der Waals surface area contributed by atoms with E-state index >= 15 is 0 Å². The zero-order valence-corrected chi connectivity index (χ0v) is 8.89. The van der Waals surface area contributed by atoms with Gasteiger partial charge in [-0.05, 0) is 25.4 Å². The zero-order chi connectivity index (χ0) is 10.1. The maximum atomic E-state index is 10.9. The molecule has 2 N–H and O–H groups in total. The summed E-state index contributed by atoms with van der Waals surface area (Å²) in [5, 5.41) is 11.0. The molecular weight excluding hydrogens is 190 g/mol. The summed E-state index contributed by atoms with van der Waals surface area (Å²) in [7, 11) is 0. The summed E-state index contributed by atoms with van der Waals surface area (Å²) in [6, 6.07) is 0.124. The van der Waals surface area contributed by atoms with Gasteiger partial charge in [0, 0.05) is 6.04 Å². The van der Waals surface area contributed by atoms with Crippen molar-refractivity contribution in [2.45, 2.75) is 19.4 Å². The summed E-state index contributed by atoms with van der Waals surface area (Å²) in [6.07, 6.45) is 2.49. The predicted molar refractivity (Wildman–Crippen MR) is 54.0 cm³/mol. The van der Waals surface area contributed by atoms with Crippen molar-refractivity contribution in [2.75, 3.05) is 25.2 Å². The number of aliphatic hydroxyl groups excluding tert-OH is 1. The molecule has 0 aromatic rings. The lowest BCUT2D eigenvalue weighted by Gasteiger charge is -2.12. The van der Waals surface area contributed by atoms with Gasteiger partial charge in [0.05, 0.1) is 6.61 Å². The third-order valence-electron chi connectivity index (χ3n) is 1.44. The Morgan fingerprint density at radius 1 is 1.69 bits per heavy atom. The minimum absolute atomic E-state index is 0.0566. The summed E-state index contributed by atoms with van der Waals surface area (Å²) in [5.74, 6) is 1.02. The highest BCUT2D eigenvalue weighted by atomic mass is 32.2. The number of hydrogen-bond donors (Lipinski definition) is 2. The van der Waals surface area contributed by atoms with Crippen LogP contribution in [0.5, 0.6) is 0 Å². The van der Waals surface area contributed by atoms with E-state index in [2.05, 4.69) is 10.1 Å². The highest BCUT2D eigenvalue weighted by Crippen LogP contribution is 1.99. The van der Waals surface area contributed by atoms with Crippen molar-refractivity contribution >= 4 is 17.9 Å². The lowest BCUT2D eigenvalue weighted by molar-refractivity contribution is 0.116. The van der Waals surface area contributed by atoms with E-state index in [-0.39, 0.29) is 19.3 Å². The fraction of sp³-hybridized carbons (Fsp3) is 0.875. The average Bonchev–Trinajstić information content (AvgIpc) is 2.11. The van der Waals surface area contributed by atoms with E-state index in [0.717, 1.165) is 12.2 Å². The number of carbonyl (C=O) groups is 1. The summed E-state index contributed by atoms with van der Waals surface area (Å²) in [6.45, 7) is 1.85. The molecule has 1 amide bonds. The van der Waals surface area contributed by atoms with Crippen LogP contribution in [0.25, 0.3) is 0 Å². The van der Waals surface area contributed by atoms with Gasteiger partial charge in [-0.15, -0.1) is 0 Å². The molecule has 0 saturated carbocycles. The number of aliphatic hydroxyl groups is 1. The van der Waals surface area contributed by atoms with Crippen molar-refractivity contribution in [1.29, 1.82) is 0 Å². The molecule has 0 fully saturated rings. The number of rotatable bonds is 6. The Bertz CT molecular complexity index is 143. The Hall–Kier alpha value is -0.420. The Labute approximate surface area is 83.0 Å². The molecule has 78 valence electrons. The molecule has 0 aliphatic carbocycles. The standard InChI is InChI=1S/C8H17NO3S/c1-7(3-6-13-2)9-8(11)12-5-4-10/h7,10H,3-6H2,1-2H3,(H,9,11). The van der Waals surface area contributed by atoms with Crippen molar-refractivity contribution in [3.63, 3.8) is 0 Å². The fourth-order valence-electron chi connectivity index (χ4n) is 0.748. The first-order valence-electron chi connectivity index (χ1n) is 4.23. The number of carbonyl (C=O) groups excluding carboxylic acids is 1. The molecule has 0 aliphatic heterocycles. The van der Waals surface area contributed by atoms with Crippen molar-refractivity contribution in [2.24, 2.45) is 0 Å². The maximum absolute atomic E-state index is 10.9. The highest BCUT2D eigenvalue weighted by molar-refractivity contribution is 7.98. The van der Waals surface area contributed by atoms with E-state index in [1.54, 1.807) is 11.8 Å². The molecule has 0 aliphatic rings. The first kappa shape index (κ1) is 12.6. The van der Waals surface area contributed by atoms with Gasteiger partial charge >= 0.3 is 6.09 Å². The van der Waals surface area contributed by atoms with Crippen LogP contribution in [0.2, 0.25) is 0 Å². The molecular formula is C8H17NO3S. The van der Waals surface area contributed by atoms with Gasteiger partial charge in [-0.25, -0.2) is 4.79 Å². The minimum Gasteiger partial charge on any atom is -0.447 e. The zero-order valence-electron chi connectivity index (χ0n) is 8.08. The van der Waals surface area contributed by atoms with Crippen LogP contribution in [0.1, 0.15) is 13.3 Å². The molecule has 0 aromatic carbocycles. The van der Waals surface area contributed by atoms with Gasteiger partial charge in [-0.2, -0.15) is 11.8 Å². The van der Waals surface area contributed by atoms with Crippen LogP contribution < -0.4 is 5.32 Å². The number of amides is 1. The van der Waals surface area contributed by atoms with E-state index in [1.165, 1.54) is 0 Å². The summed E-state index contributed by atoms with van der Waals surface area (Å²) < 4.78 is 4.63. The van der Waals surface area contributed by atoms with Gasteiger partial charge in [-0.1, -0.05) is 0 Å². The second-order valence-electron chi connectivity index (χ2n) is 2.69. The molecule has 4 nitrogen and oxygen atoms in total. The number of ether oxygens (including phenoxy) is 1. The lowest BCUT2D eigenvalue weighted by atomic mass is 10.3. The average molecular weight is 207 g/mol. The molecule has 0 spiro atoms. The van der Waals surface area contributed by atoms with E-state index in [1.807, 2.05) is 13.2 Å². The third-order valence-corrected chi connectivity index (χ3v) is 2.09. The first-order valence-corrected chi connectivity index (χ1v) is 5.63. The maximum Gasteiger partial charge on any atom is 0.407 e. The lowest BCUT2D eigenvalue weighted by Crippen LogP contribution is -2.33. The molecule has 5 heteroatoms. The Balaban J connectivity index is 3.41. The number of hydrogen-bond acceptors (Lipinski definition) is 4. The normalized spacial score (nSPS) is 12.2.